The van der Waals surface area contributed by atoms with Crippen LogP contribution in [0.3, 0.4) is 0 Å². The van der Waals surface area contributed by atoms with Crippen molar-refractivity contribution in [1.29, 1.82) is 0 Å². The summed E-state index contributed by atoms with van der Waals surface area (Å²) in [5, 5.41) is 2.96. The monoisotopic (exact) mass is 307 g/mol. The maximum atomic E-state index is 12.5. The normalized spacial score (nSPS) is 13.8. The number of rotatable bonds is 7. The van der Waals surface area contributed by atoms with Gasteiger partial charge in [0.05, 0.1) is 6.10 Å². The lowest BCUT2D eigenvalue weighted by molar-refractivity contribution is -0.139. The summed E-state index contributed by atoms with van der Waals surface area (Å²) < 4.78 is 11.4. The first-order chi connectivity index (χ1) is 10.2. The van der Waals surface area contributed by atoms with Gasteiger partial charge >= 0.3 is 0 Å². The molecule has 0 aliphatic heterocycles. The van der Waals surface area contributed by atoms with Crippen molar-refractivity contribution in [1.82, 2.24) is 0 Å². The van der Waals surface area contributed by atoms with Crippen molar-refractivity contribution >= 4 is 11.6 Å². The number of anilines is 1. The van der Waals surface area contributed by atoms with Crippen molar-refractivity contribution in [3.8, 4) is 5.75 Å². The van der Waals surface area contributed by atoms with Gasteiger partial charge in [-0.15, -0.1) is 0 Å². The molecule has 0 aliphatic carbocycles. The molecular weight excluding hydrogens is 278 g/mol. The standard InChI is InChI=1S/C18H29NO3/c1-8-18(7,21-9-2)17(20)19-15-10-13(5)16(14(6)11-15)22-12(3)4/h10-12H,8-9H2,1-7H3,(H,19,20). The van der Waals surface area contributed by atoms with Crippen molar-refractivity contribution in [2.45, 2.75) is 66.6 Å². The molecule has 1 atom stereocenters. The lowest BCUT2D eigenvalue weighted by atomic mass is 10.0. The second-order valence-corrected chi connectivity index (χ2v) is 6.08. The van der Waals surface area contributed by atoms with Crippen LogP contribution in [0.15, 0.2) is 12.1 Å². The summed E-state index contributed by atoms with van der Waals surface area (Å²) in [7, 11) is 0. The first-order valence-corrected chi connectivity index (χ1v) is 7.96. The fourth-order valence-electron chi connectivity index (χ4n) is 2.35. The molecule has 0 spiro atoms. The highest BCUT2D eigenvalue weighted by atomic mass is 16.5. The minimum Gasteiger partial charge on any atom is -0.490 e. The van der Waals surface area contributed by atoms with E-state index >= 15 is 0 Å². The van der Waals surface area contributed by atoms with Crippen LogP contribution in [0.5, 0.6) is 5.75 Å². The lowest BCUT2D eigenvalue weighted by Crippen LogP contribution is -2.42. The van der Waals surface area contributed by atoms with Crippen LogP contribution >= 0.6 is 0 Å². The zero-order valence-corrected chi connectivity index (χ0v) is 14.9. The summed E-state index contributed by atoms with van der Waals surface area (Å²) >= 11 is 0. The number of amides is 1. The van der Waals surface area contributed by atoms with Crippen LogP contribution in [0.1, 0.15) is 52.2 Å². The first-order valence-electron chi connectivity index (χ1n) is 7.96. The molecule has 0 fully saturated rings. The van der Waals surface area contributed by atoms with Crippen LogP contribution in [-0.2, 0) is 9.53 Å². The Balaban J connectivity index is 2.97. The van der Waals surface area contributed by atoms with Crippen molar-refractivity contribution in [2.24, 2.45) is 0 Å². The van der Waals surface area contributed by atoms with Crippen molar-refractivity contribution < 1.29 is 14.3 Å². The van der Waals surface area contributed by atoms with Gasteiger partial charge < -0.3 is 14.8 Å². The number of carbonyl (C=O) groups excluding carboxylic acids is 1. The van der Waals surface area contributed by atoms with E-state index in [-0.39, 0.29) is 12.0 Å². The second kappa shape index (κ2) is 7.63. The van der Waals surface area contributed by atoms with Crippen LogP contribution < -0.4 is 10.1 Å². The predicted octanol–water partition coefficient (Wildman–Crippen LogP) is 4.23. The Morgan fingerprint density at radius 1 is 1.23 bits per heavy atom. The van der Waals surface area contributed by atoms with Gasteiger partial charge in [0.1, 0.15) is 11.4 Å². The number of carbonyl (C=O) groups is 1. The third kappa shape index (κ3) is 4.47. The summed E-state index contributed by atoms with van der Waals surface area (Å²) in [5.74, 6) is 0.768. The smallest absolute Gasteiger partial charge is 0.256 e. The summed E-state index contributed by atoms with van der Waals surface area (Å²) in [4.78, 5) is 12.5. The second-order valence-electron chi connectivity index (χ2n) is 6.08. The lowest BCUT2D eigenvalue weighted by Gasteiger charge is -2.27. The van der Waals surface area contributed by atoms with Crippen LogP contribution in [0.25, 0.3) is 0 Å². The van der Waals surface area contributed by atoms with Gasteiger partial charge in [0.2, 0.25) is 0 Å². The number of ether oxygens (including phenoxy) is 2. The topological polar surface area (TPSA) is 47.6 Å². The summed E-state index contributed by atoms with van der Waals surface area (Å²) in [6.07, 6.45) is 0.748. The van der Waals surface area contributed by atoms with Gasteiger partial charge in [-0.1, -0.05) is 6.92 Å². The van der Waals surface area contributed by atoms with Gasteiger partial charge in [0, 0.05) is 12.3 Å². The Labute approximate surface area is 134 Å². The van der Waals surface area contributed by atoms with Gasteiger partial charge in [-0.05, 0) is 71.2 Å². The van der Waals surface area contributed by atoms with E-state index in [1.807, 2.05) is 60.6 Å². The third-order valence-corrected chi connectivity index (χ3v) is 3.69. The zero-order valence-electron chi connectivity index (χ0n) is 14.9. The molecule has 1 aromatic carbocycles. The van der Waals surface area contributed by atoms with E-state index in [1.54, 1.807) is 0 Å². The molecule has 22 heavy (non-hydrogen) atoms. The molecule has 0 radical (unpaired) electrons. The van der Waals surface area contributed by atoms with Gasteiger partial charge in [0.25, 0.3) is 5.91 Å². The van der Waals surface area contributed by atoms with Gasteiger partial charge in [-0.3, -0.25) is 4.79 Å². The van der Waals surface area contributed by atoms with E-state index < -0.39 is 5.60 Å². The largest absolute Gasteiger partial charge is 0.490 e. The Bertz CT molecular complexity index is 502. The minimum atomic E-state index is -0.802. The number of hydrogen-bond acceptors (Lipinski definition) is 3. The number of aryl methyl sites for hydroxylation is 2. The quantitative estimate of drug-likeness (QED) is 0.820. The minimum absolute atomic E-state index is 0.117. The van der Waals surface area contributed by atoms with Crippen LogP contribution in [0, 0.1) is 13.8 Å². The maximum absolute atomic E-state index is 12.5. The first kappa shape index (κ1) is 18.5. The molecule has 4 heteroatoms. The van der Waals surface area contributed by atoms with Gasteiger partial charge in [-0.25, -0.2) is 0 Å². The third-order valence-electron chi connectivity index (χ3n) is 3.69. The molecule has 1 unspecified atom stereocenters. The molecule has 0 aromatic heterocycles. The fraction of sp³-hybridized carbons (Fsp3) is 0.611. The Hall–Kier alpha value is -1.55. The molecule has 0 bridgehead atoms. The molecular formula is C18H29NO3. The molecule has 4 nitrogen and oxygen atoms in total. The summed E-state index contributed by atoms with van der Waals surface area (Å²) in [6, 6.07) is 3.87. The van der Waals surface area contributed by atoms with Crippen molar-refractivity contribution in [3.05, 3.63) is 23.3 Å². The molecule has 0 aliphatic rings. The van der Waals surface area contributed by atoms with Crippen LogP contribution in [0.4, 0.5) is 5.69 Å². The average Bonchev–Trinajstić information content (AvgIpc) is 2.42. The van der Waals surface area contributed by atoms with Crippen LogP contribution in [0.2, 0.25) is 0 Å². The number of hydrogen-bond donors (Lipinski definition) is 1. The van der Waals surface area contributed by atoms with E-state index in [2.05, 4.69) is 5.32 Å². The van der Waals surface area contributed by atoms with E-state index in [1.165, 1.54) is 0 Å². The predicted molar refractivity (Wildman–Crippen MR) is 90.6 cm³/mol. The van der Waals surface area contributed by atoms with Gasteiger partial charge in [-0.2, -0.15) is 0 Å². The van der Waals surface area contributed by atoms with Gasteiger partial charge in [0.15, 0.2) is 0 Å². The van der Waals surface area contributed by atoms with Crippen molar-refractivity contribution in [2.75, 3.05) is 11.9 Å². The van der Waals surface area contributed by atoms with Crippen molar-refractivity contribution in [3.63, 3.8) is 0 Å². The SMILES string of the molecule is CCOC(C)(CC)C(=O)Nc1cc(C)c(OC(C)C)c(C)c1. The Kier molecular flexibility index (Phi) is 6.42. The van der Waals surface area contributed by atoms with E-state index in [4.69, 9.17) is 9.47 Å². The molecule has 124 valence electrons. The highest BCUT2D eigenvalue weighted by Gasteiger charge is 2.32. The molecule has 0 saturated carbocycles. The average molecular weight is 307 g/mol. The summed E-state index contributed by atoms with van der Waals surface area (Å²) in [5.41, 5.74) is 2.00. The molecule has 1 aromatic rings. The van der Waals surface area contributed by atoms with E-state index in [9.17, 15) is 4.79 Å². The van der Waals surface area contributed by atoms with Crippen LogP contribution in [-0.4, -0.2) is 24.2 Å². The highest BCUT2D eigenvalue weighted by Crippen LogP contribution is 2.29. The van der Waals surface area contributed by atoms with E-state index in [0.29, 0.717) is 13.0 Å². The molecule has 1 N–H and O–H groups in total. The summed E-state index contributed by atoms with van der Waals surface area (Å²) in [6.45, 7) is 14.2. The number of benzene rings is 1. The highest BCUT2D eigenvalue weighted by molar-refractivity contribution is 5.97. The maximum Gasteiger partial charge on any atom is 0.256 e. The Morgan fingerprint density at radius 3 is 2.18 bits per heavy atom. The van der Waals surface area contributed by atoms with E-state index in [0.717, 1.165) is 22.6 Å². The number of nitrogens with one attached hydrogen (secondary N) is 1. The molecule has 1 rings (SSSR count). The fourth-order valence-corrected chi connectivity index (χ4v) is 2.35. The molecule has 0 heterocycles. The Morgan fingerprint density at radius 2 is 1.77 bits per heavy atom. The zero-order chi connectivity index (χ0) is 16.9. The molecule has 1 amide bonds. The molecule has 0 saturated heterocycles.